The minimum Gasteiger partial charge on any atom is -0.393 e. The van der Waals surface area contributed by atoms with Crippen molar-refractivity contribution in [3.05, 3.63) is 0 Å². The van der Waals surface area contributed by atoms with Crippen molar-refractivity contribution in [3.63, 3.8) is 0 Å². The second-order valence-corrected chi connectivity index (χ2v) is 6.94. The van der Waals surface area contributed by atoms with E-state index in [1.165, 1.54) is 0 Å². The van der Waals surface area contributed by atoms with Crippen molar-refractivity contribution in [1.82, 2.24) is 0 Å². The molecular formula is C9H19O3P. The van der Waals surface area contributed by atoms with E-state index >= 15 is 0 Å². The molecule has 1 rings (SSSR count). The van der Waals surface area contributed by atoms with Crippen LogP contribution in [0, 0.1) is 0 Å². The highest BCUT2D eigenvalue weighted by Crippen LogP contribution is 2.54. The van der Waals surface area contributed by atoms with Gasteiger partial charge in [0.25, 0.3) is 0 Å². The van der Waals surface area contributed by atoms with E-state index in [1.54, 1.807) is 6.66 Å². The SMILES string of the molecule is CC(C)OP(C)(=O)[C@H]1CC[C@@H](O)C1. The quantitative estimate of drug-likeness (QED) is 0.720. The van der Waals surface area contributed by atoms with Gasteiger partial charge in [-0.2, -0.15) is 0 Å². The summed E-state index contributed by atoms with van der Waals surface area (Å²) in [7, 11) is -2.49. The molecule has 0 radical (unpaired) electrons. The number of hydrogen-bond acceptors (Lipinski definition) is 3. The minimum absolute atomic E-state index is 0.00794. The van der Waals surface area contributed by atoms with Gasteiger partial charge in [-0.3, -0.25) is 4.57 Å². The Hall–Kier alpha value is 0.150. The summed E-state index contributed by atoms with van der Waals surface area (Å²) in [5.41, 5.74) is 0.0740. The highest BCUT2D eigenvalue weighted by atomic mass is 31.2. The van der Waals surface area contributed by atoms with Gasteiger partial charge in [-0.1, -0.05) is 0 Å². The van der Waals surface area contributed by atoms with Crippen LogP contribution in [0.5, 0.6) is 0 Å². The predicted octanol–water partition coefficient (Wildman–Crippen LogP) is 2.23. The third kappa shape index (κ3) is 3.08. The molecule has 1 unspecified atom stereocenters. The van der Waals surface area contributed by atoms with Crippen LogP contribution in [0.15, 0.2) is 0 Å². The first-order chi connectivity index (χ1) is 5.92. The summed E-state index contributed by atoms with van der Waals surface area (Å²) in [6.07, 6.45) is 1.98. The molecule has 0 spiro atoms. The van der Waals surface area contributed by atoms with Gasteiger partial charge in [0.2, 0.25) is 7.37 Å². The Morgan fingerprint density at radius 2 is 2.08 bits per heavy atom. The van der Waals surface area contributed by atoms with Crippen molar-refractivity contribution in [2.45, 2.75) is 51.0 Å². The summed E-state index contributed by atoms with van der Waals surface area (Å²) < 4.78 is 17.5. The summed E-state index contributed by atoms with van der Waals surface area (Å²) in [4.78, 5) is 0. The van der Waals surface area contributed by atoms with Crippen molar-refractivity contribution < 1.29 is 14.2 Å². The van der Waals surface area contributed by atoms with Crippen molar-refractivity contribution in [1.29, 1.82) is 0 Å². The molecule has 1 fully saturated rings. The third-order valence-corrected chi connectivity index (χ3v) is 5.10. The lowest BCUT2D eigenvalue weighted by Crippen LogP contribution is -2.11. The molecule has 1 aliphatic carbocycles. The Bertz CT molecular complexity index is 215. The average molecular weight is 206 g/mol. The van der Waals surface area contributed by atoms with E-state index < -0.39 is 7.37 Å². The van der Waals surface area contributed by atoms with Gasteiger partial charge >= 0.3 is 0 Å². The molecule has 3 atom stereocenters. The first-order valence-corrected chi connectivity index (χ1v) is 6.99. The summed E-state index contributed by atoms with van der Waals surface area (Å²) in [6.45, 7) is 5.47. The van der Waals surface area contributed by atoms with Crippen molar-refractivity contribution in [2.24, 2.45) is 0 Å². The molecule has 0 saturated heterocycles. The molecule has 0 aromatic rings. The number of hydrogen-bond donors (Lipinski definition) is 1. The molecule has 13 heavy (non-hydrogen) atoms. The minimum atomic E-state index is -2.49. The predicted molar refractivity (Wildman–Crippen MR) is 53.4 cm³/mol. The largest absolute Gasteiger partial charge is 0.393 e. The van der Waals surface area contributed by atoms with Crippen molar-refractivity contribution in [2.75, 3.05) is 6.66 Å². The van der Waals surface area contributed by atoms with E-state index in [4.69, 9.17) is 4.52 Å². The first-order valence-electron chi connectivity index (χ1n) is 4.85. The van der Waals surface area contributed by atoms with Crippen LogP contribution in [0.2, 0.25) is 0 Å². The Morgan fingerprint density at radius 3 is 2.46 bits per heavy atom. The van der Waals surface area contributed by atoms with Crippen LogP contribution in [-0.2, 0) is 9.09 Å². The Kier molecular flexibility index (Phi) is 3.56. The van der Waals surface area contributed by atoms with Gasteiger partial charge in [0.1, 0.15) is 0 Å². The summed E-state index contributed by atoms with van der Waals surface area (Å²) in [5, 5.41) is 9.32. The van der Waals surface area contributed by atoms with E-state index in [-0.39, 0.29) is 17.9 Å². The number of aliphatic hydroxyl groups is 1. The molecule has 0 aromatic heterocycles. The van der Waals surface area contributed by atoms with Gasteiger partial charge in [-0.15, -0.1) is 0 Å². The van der Waals surface area contributed by atoms with Crippen LogP contribution in [-0.4, -0.2) is 29.6 Å². The van der Waals surface area contributed by atoms with Crippen LogP contribution in [0.25, 0.3) is 0 Å². The van der Waals surface area contributed by atoms with E-state index in [2.05, 4.69) is 0 Å². The van der Waals surface area contributed by atoms with Gasteiger partial charge in [-0.05, 0) is 33.1 Å². The lowest BCUT2D eigenvalue weighted by atomic mass is 10.3. The van der Waals surface area contributed by atoms with Crippen LogP contribution in [0.3, 0.4) is 0 Å². The van der Waals surface area contributed by atoms with Gasteiger partial charge in [0.05, 0.1) is 12.2 Å². The second-order valence-electron chi connectivity index (χ2n) is 4.18. The van der Waals surface area contributed by atoms with Crippen LogP contribution in [0.1, 0.15) is 33.1 Å². The summed E-state index contributed by atoms with van der Waals surface area (Å²) in [6, 6.07) is 0. The molecule has 1 saturated carbocycles. The zero-order valence-electron chi connectivity index (χ0n) is 8.56. The summed E-state index contributed by atoms with van der Waals surface area (Å²) >= 11 is 0. The molecule has 1 N–H and O–H groups in total. The fraction of sp³-hybridized carbons (Fsp3) is 1.00. The number of rotatable bonds is 3. The molecule has 0 aliphatic heterocycles. The van der Waals surface area contributed by atoms with Gasteiger partial charge < -0.3 is 9.63 Å². The average Bonchev–Trinajstić information content (AvgIpc) is 2.32. The molecular weight excluding hydrogens is 187 g/mol. The Morgan fingerprint density at radius 1 is 1.46 bits per heavy atom. The monoisotopic (exact) mass is 206 g/mol. The topological polar surface area (TPSA) is 46.5 Å². The van der Waals surface area contributed by atoms with Gasteiger partial charge in [-0.25, -0.2) is 0 Å². The van der Waals surface area contributed by atoms with Crippen molar-refractivity contribution in [3.8, 4) is 0 Å². The maximum absolute atomic E-state index is 12.0. The lowest BCUT2D eigenvalue weighted by Gasteiger charge is -2.22. The lowest BCUT2D eigenvalue weighted by molar-refractivity contribution is 0.181. The molecule has 1 aliphatic rings. The first kappa shape index (κ1) is 11.2. The van der Waals surface area contributed by atoms with Gasteiger partial charge in [0, 0.05) is 12.3 Å². The normalized spacial score (nSPS) is 33.6. The fourth-order valence-corrected chi connectivity index (χ4v) is 4.12. The van der Waals surface area contributed by atoms with Crippen LogP contribution in [0.4, 0.5) is 0 Å². The highest BCUT2D eigenvalue weighted by Gasteiger charge is 2.36. The van der Waals surface area contributed by atoms with Crippen LogP contribution >= 0.6 is 7.37 Å². The Balaban J connectivity index is 2.54. The standard InChI is InChI=1S/C9H19O3P/c1-7(2)12-13(3,11)9-5-4-8(10)6-9/h7-10H,4-6H2,1-3H3/t8-,9+,13?/m1/s1. The van der Waals surface area contributed by atoms with Crippen molar-refractivity contribution >= 4 is 7.37 Å². The Labute approximate surface area is 79.9 Å². The summed E-state index contributed by atoms with van der Waals surface area (Å²) in [5.74, 6) is 0. The third-order valence-electron chi connectivity index (χ3n) is 2.46. The molecule has 3 nitrogen and oxygen atoms in total. The molecule has 0 amide bonds. The molecule has 4 heteroatoms. The van der Waals surface area contributed by atoms with E-state index in [0.29, 0.717) is 6.42 Å². The van der Waals surface area contributed by atoms with E-state index in [9.17, 15) is 9.67 Å². The number of aliphatic hydroxyl groups excluding tert-OH is 1. The molecule has 0 bridgehead atoms. The van der Waals surface area contributed by atoms with E-state index in [1.807, 2.05) is 13.8 Å². The van der Waals surface area contributed by atoms with Gasteiger partial charge in [0.15, 0.2) is 0 Å². The zero-order valence-corrected chi connectivity index (χ0v) is 9.46. The smallest absolute Gasteiger partial charge is 0.203 e. The maximum Gasteiger partial charge on any atom is 0.203 e. The fourth-order valence-electron chi connectivity index (χ4n) is 1.87. The van der Waals surface area contributed by atoms with E-state index in [0.717, 1.165) is 12.8 Å². The zero-order chi connectivity index (χ0) is 10.1. The van der Waals surface area contributed by atoms with Crippen LogP contribution < -0.4 is 0 Å². The molecule has 78 valence electrons. The second kappa shape index (κ2) is 4.12. The highest BCUT2D eigenvalue weighted by molar-refractivity contribution is 7.58. The molecule has 0 aromatic carbocycles. The maximum atomic E-state index is 12.0. The molecule has 0 heterocycles.